The first kappa shape index (κ1) is 20.0. The van der Waals surface area contributed by atoms with Gasteiger partial charge in [-0.1, -0.05) is 50.3 Å². The Morgan fingerprint density at radius 1 is 1.39 bits per heavy atom. The molecule has 0 amide bonds. The van der Waals surface area contributed by atoms with Crippen LogP contribution in [0.1, 0.15) is 30.9 Å². The summed E-state index contributed by atoms with van der Waals surface area (Å²) in [5.41, 5.74) is 1.95. The van der Waals surface area contributed by atoms with E-state index in [-0.39, 0.29) is 13.2 Å². The first-order valence-corrected chi connectivity index (χ1v) is 9.21. The van der Waals surface area contributed by atoms with Gasteiger partial charge in [0, 0.05) is 0 Å². The first-order valence-electron chi connectivity index (χ1n) is 7.75. The number of quaternary nitrogens is 1. The van der Waals surface area contributed by atoms with E-state index in [1.807, 2.05) is 43.6 Å². The zero-order valence-electron chi connectivity index (χ0n) is 13.8. The number of phosphoric acid groups is 1. The van der Waals surface area contributed by atoms with E-state index in [1.54, 1.807) is 6.08 Å². The number of rotatable bonds is 12. The van der Waals surface area contributed by atoms with Crippen LogP contribution in [0.5, 0.6) is 0 Å². The molecule has 0 heterocycles. The lowest BCUT2D eigenvalue weighted by atomic mass is 10.1. The lowest BCUT2D eigenvalue weighted by Gasteiger charge is -2.27. The maximum atomic E-state index is 11.8. The Bertz CT molecular complexity index is 506. The SMILES string of the molecule is C=Cc1ccc(COC(CCC)OP(=O)([O-])OCC[NH2+]C)cc1. The molecule has 6 nitrogen and oxygen atoms in total. The highest BCUT2D eigenvalue weighted by Crippen LogP contribution is 2.40. The van der Waals surface area contributed by atoms with Crippen molar-refractivity contribution >= 4 is 13.9 Å². The number of hydrogen-bond acceptors (Lipinski definition) is 5. The van der Waals surface area contributed by atoms with Crippen molar-refractivity contribution in [3.63, 3.8) is 0 Å². The van der Waals surface area contributed by atoms with Gasteiger partial charge in [-0.25, -0.2) is 0 Å². The maximum Gasteiger partial charge on any atom is 0.270 e. The molecule has 1 aromatic rings. The van der Waals surface area contributed by atoms with Crippen LogP contribution in [0.3, 0.4) is 0 Å². The molecule has 23 heavy (non-hydrogen) atoms. The smallest absolute Gasteiger partial charge is 0.270 e. The zero-order chi connectivity index (χ0) is 17.1. The highest BCUT2D eigenvalue weighted by molar-refractivity contribution is 7.45. The summed E-state index contributed by atoms with van der Waals surface area (Å²) in [7, 11) is -2.52. The van der Waals surface area contributed by atoms with E-state index in [4.69, 9.17) is 13.8 Å². The summed E-state index contributed by atoms with van der Waals surface area (Å²) in [6.07, 6.45) is 2.13. The number of hydrogen-bond donors (Lipinski definition) is 1. The third-order valence-electron chi connectivity index (χ3n) is 3.08. The molecule has 0 aromatic heterocycles. The number of phosphoric ester groups is 1. The lowest BCUT2D eigenvalue weighted by molar-refractivity contribution is -0.628. The van der Waals surface area contributed by atoms with Crippen molar-refractivity contribution in [2.45, 2.75) is 32.7 Å². The summed E-state index contributed by atoms with van der Waals surface area (Å²) in [5, 5.41) is 1.83. The van der Waals surface area contributed by atoms with Crippen LogP contribution in [-0.2, 0) is 25.0 Å². The van der Waals surface area contributed by atoms with E-state index >= 15 is 0 Å². The predicted octanol–water partition coefficient (Wildman–Crippen LogP) is 1.67. The molecule has 0 aliphatic rings. The van der Waals surface area contributed by atoms with Gasteiger partial charge in [0.05, 0.1) is 20.2 Å². The molecule has 2 atom stereocenters. The van der Waals surface area contributed by atoms with Gasteiger partial charge in [0.2, 0.25) is 0 Å². The second-order valence-corrected chi connectivity index (χ2v) is 6.42. The third kappa shape index (κ3) is 8.42. The number of benzene rings is 1. The van der Waals surface area contributed by atoms with Gasteiger partial charge in [-0.15, -0.1) is 0 Å². The minimum atomic E-state index is -4.35. The molecule has 0 aliphatic heterocycles. The molecule has 1 rings (SSSR count). The highest BCUT2D eigenvalue weighted by Gasteiger charge is 2.18. The van der Waals surface area contributed by atoms with Gasteiger partial charge in [-0.2, -0.15) is 0 Å². The van der Waals surface area contributed by atoms with Crippen molar-refractivity contribution in [3.05, 3.63) is 42.0 Å². The molecule has 130 valence electrons. The Morgan fingerprint density at radius 3 is 2.65 bits per heavy atom. The van der Waals surface area contributed by atoms with Crippen molar-refractivity contribution in [2.75, 3.05) is 20.2 Å². The van der Waals surface area contributed by atoms with E-state index in [2.05, 4.69) is 6.58 Å². The summed E-state index contributed by atoms with van der Waals surface area (Å²) in [6.45, 7) is 6.53. The molecular weight excluding hydrogens is 317 g/mol. The molecule has 2 unspecified atom stereocenters. The van der Waals surface area contributed by atoms with Gasteiger partial charge in [-0.05, 0) is 17.5 Å². The van der Waals surface area contributed by atoms with Crippen LogP contribution < -0.4 is 10.2 Å². The molecule has 1 aromatic carbocycles. The van der Waals surface area contributed by atoms with E-state index in [1.165, 1.54) is 0 Å². The van der Waals surface area contributed by atoms with E-state index < -0.39 is 14.1 Å². The quantitative estimate of drug-likeness (QED) is 0.354. The summed E-state index contributed by atoms with van der Waals surface area (Å²) >= 11 is 0. The van der Waals surface area contributed by atoms with Gasteiger partial charge in [-0.3, -0.25) is 9.09 Å². The second kappa shape index (κ2) is 10.7. The molecule has 0 radical (unpaired) electrons. The average Bonchev–Trinajstić information content (AvgIpc) is 2.53. The van der Waals surface area contributed by atoms with Crippen molar-refractivity contribution in [1.82, 2.24) is 0 Å². The van der Waals surface area contributed by atoms with Crippen LogP contribution in [-0.4, -0.2) is 26.5 Å². The van der Waals surface area contributed by atoms with Crippen molar-refractivity contribution in [1.29, 1.82) is 0 Å². The highest BCUT2D eigenvalue weighted by atomic mass is 31.2. The second-order valence-electron chi connectivity index (χ2n) is 5.06. The minimum Gasteiger partial charge on any atom is -0.756 e. The number of ether oxygens (including phenoxy) is 1. The van der Waals surface area contributed by atoms with Crippen LogP contribution in [0, 0.1) is 0 Å². The van der Waals surface area contributed by atoms with Crippen LogP contribution >= 0.6 is 7.82 Å². The Labute approximate surface area is 138 Å². The fraction of sp³-hybridized carbons (Fsp3) is 0.500. The van der Waals surface area contributed by atoms with Crippen LogP contribution in [0.25, 0.3) is 6.08 Å². The Morgan fingerprint density at radius 2 is 2.09 bits per heavy atom. The van der Waals surface area contributed by atoms with Crippen LogP contribution in [0.15, 0.2) is 30.8 Å². The largest absolute Gasteiger partial charge is 0.756 e. The monoisotopic (exact) mass is 343 g/mol. The molecule has 2 N–H and O–H groups in total. The molecule has 0 bridgehead atoms. The van der Waals surface area contributed by atoms with Gasteiger partial charge < -0.3 is 19.5 Å². The standard InChI is InChI=1S/C16H26NO5P/c1-4-6-16(22-23(18,19)21-12-11-17-3)20-13-15-9-7-14(5-2)8-10-15/h5,7-10,16-17H,2,4,6,11-13H2,1,3H3,(H,18,19). The molecule has 0 fully saturated rings. The van der Waals surface area contributed by atoms with Gasteiger partial charge >= 0.3 is 0 Å². The first-order chi connectivity index (χ1) is 11.0. The number of nitrogens with two attached hydrogens (primary N) is 1. The average molecular weight is 343 g/mol. The lowest BCUT2D eigenvalue weighted by Crippen LogP contribution is -2.80. The van der Waals surface area contributed by atoms with Gasteiger partial charge in [0.1, 0.15) is 6.61 Å². The van der Waals surface area contributed by atoms with Gasteiger partial charge in [0.25, 0.3) is 7.82 Å². The fourth-order valence-electron chi connectivity index (χ4n) is 1.80. The maximum absolute atomic E-state index is 11.8. The Hall–Kier alpha value is -1.01. The minimum absolute atomic E-state index is 0.0825. The Kier molecular flexibility index (Phi) is 9.33. The van der Waals surface area contributed by atoms with E-state index in [9.17, 15) is 9.46 Å². The fourth-order valence-corrected chi connectivity index (χ4v) is 2.64. The predicted molar refractivity (Wildman–Crippen MR) is 87.4 cm³/mol. The van der Waals surface area contributed by atoms with Crippen molar-refractivity contribution in [2.24, 2.45) is 0 Å². The van der Waals surface area contributed by atoms with Crippen LogP contribution in [0.2, 0.25) is 0 Å². The molecular formula is C16H26NO5P. The van der Waals surface area contributed by atoms with Crippen molar-refractivity contribution in [3.8, 4) is 0 Å². The third-order valence-corrected chi connectivity index (χ3v) is 4.07. The number of likely N-dealkylation sites (N-methyl/N-ethyl adjacent to an activating group) is 1. The van der Waals surface area contributed by atoms with E-state index in [0.29, 0.717) is 13.0 Å². The van der Waals surface area contributed by atoms with Crippen molar-refractivity contribution < 1.29 is 28.6 Å². The summed E-state index contributed by atoms with van der Waals surface area (Å²) in [6, 6.07) is 7.66. The molecule has 0 saturated carbocycles. The summed E-state index contributed by atoms with van der Waals surface area (Å²) in [5.74, 6) is 0. The summed E-state index contributed by atoms with van der Waals surface area (Å²) in [4.78, 5) is 11.8. The normalized spacial score (nSPS) is 15.1. The molecule has 0 saturated heterocycles. The molecule has 7 heteroatoms. The zero-order valence-corrected chi connectivity index (χ0v) is 14.7. The van der Waals surface area contributed by atoms with E-state index in [0.717, 1.165) is 17.5 Å². The Balaban J connectivity index is 2.52. The molecule has 0 spiro atoms. The summed E-state index contributed by atoms with van der Waals surface area (Å²) < 4.78 is 27.1. The van der Waals surface area contributed by atoms with Gasteiger partial charge in [0.15, 0.2) is 6.29 Å². The molecule has 0 aliphatic carbocycles. The van der Waals surface area contributed by atoms with Crippen LogP contribution in [0.4, 0.5) is 0 Å². The topological polar surface area (TPSA) is 84.4 Å².